The molecule has 2 N–H and O–H groups in total. The van der Waals surface area contributed by atoms with Gasteiger partial charge in [0.25, 0.3) is 5.91 Å². The second-order valence-corrected chi connectivity index (χ2v) is 4.74. The molecule has 0 aliphatic rings. The zero-order valence-corrected chi connectivity index (χ0v) is 11.4. The van der Waals surface area contributed by atoms with Crippen molar-refractivity contribution < 1.29 is 4.79 Å². The summed E-state index contributed by atoms with van der Waals surface area (Å²) in [6.45, 7) is 0.523. The van der Waals surface area contributed by atoms with Gasteiger partial charge < -0.3 is 5.32 Å². The molecule has 0 unspecified atom stereocenters. The molecule has 4 nitrogen and oxygen atoms in total. The van der Waals surface area contributed by atoms with Crippen molar-refractivity contribution in [3.8, 4) is 11.1 Å². The maximum atomic E-state index is 12.2. The molecule has 1 amide bonds. The first-order valence-electron chi connectivity index (χ1n) is 6.74. The topological polar surface area (TPSA) is 57.8 Å². The fourth-order valence-corrected chi connectivity index (χ4v) is 2.13. The van der Waals surface area contributed by atoms with Crippen LogP contribution >= 0.6 is 0 Å². The van der Waals surface area contributed by atoms with Gasteiger partial charge in [-0.1, -0.05) is 42.5 Å². The summed E-state index contributed by atoms with van der Waals surface area (Å²) in [6.07, 6.45) is 3.54. The zero-order valence-electron chi connectivity index (χ0n) is 11.4. The van der Waals surface area contributed by atoms with E-state index < -0.39 is 0 Å². The quantitative estimate of drug-likeness (QED) is 0.770. The molecule has 4 heteroatoms. The highest BCUT2D eigenvalue weighted by Gasteiger charge is 2.07. The summed E-state index contributed by atoms with van der Waals surface area (Å²) >= 11 is 0. The average Bonchev–Trinajstić information content (AvgIpc) is 3.08. The normalized spacial score (nSPS) is 10.3. The molecule has 1 heterocycles. The molecule has 3 aromatic rings. The predicted molar refractivity (Wildman–Crippen MR) is 81.6 cm³/mol. The van der Waals surface area contributed by atoms with E-state index in [4.69, 9.17) is 0 Å². The van der Waals surface area contributed by atoms with E-state index in [1.165, 1.54) is 0 Å². The summed E-state index contributed by atoms with van der Waals surface area (Å²) in [7, 11) is 0. The van der Waals surface area contributed by atoms with Gasteiger partial charge in [-0.15, -0.1) is 0 Å². The van der Waals surface area contributed by atoms with E-state index in [9.17, 15) is 4.79 Å². The third-order valence-electron chi connectivity index (χ3n) is 3.25. The third kappa shape index (κ3) is 3.17. The number of carbonyl (C=O) groups excluding carboxylic acids is 1. The van der Waals surface area contributed by atoms with Crippen molar-refractivity contribution in [2.75, 3.05) is 0 Å². The highest BCUT2D eigenvalue weighted by Crippen LogP contribution is 2.18. The third-order valence-corrected chi connectivity index (χ3v) is 3.25. The molecule has 2 aromatic carbocycles. The zero-order chi connectivity index (χ0) is 14.5. The fraction of sp³-hybridized carbons (Fsp3) is 0.0588. The number of nitrogens with zero attached hydrogens (tertiary/aromatic N) is 1. The summed E-state index contributed by atoms with van der Waals surface area (Å²) in [4.78, 5) is 12.2. The Morgan fingerprint density at radius 1 is 1.05 bits per heavy atom. The number of hydrogen-bond donors (Lipinski definition) is 2. The number of benzene rings is 2. The largest absolute Gasteiger partial charge is 0.348 e. The molecule has 0 bridgehead atoms. The lowest BCUT2D eigenvalue weighted by atomic mass is 10.1. The molecule has 0 radical (unpaired) electrons. The Kier molecular flexibility index (Phi) is 3.78. The smallest absolute Gasteiger partial charge is 0.251 e. The van der Waals surface area contributed by atoms with E-state index in [0.29, 0.717) is 12.1 Å². The molecule has 0 atom stereocenters. The van der Waals surface area contributed by atoms with E-state index in [2.05, 4.69) is 15.5 Å². The standard InChI is InChI=1S/C17H15N3O/c21-17(18-10-13-5-2-1-3-6-13)15-8-4-7-14(9-15)16-11-19-20-12-16/h1-9,11-12H,10H2,(H,18,21)(H,19,20). The molecular formula is C17H15N3O. The van der Waals surface area contributed by atoms with Crippen LogP contribution in [0.15, 0.2) is 67.0 Å². The molecule has 0 fully saturated rings. The lowest BCUT2D eigenvalue weighted by Crippen LogP contribution is -2.22. The van der Waals surface area contributed by atoms with E-state index in [1.807, 2.05) is 54.6 Å². The first-order chi connectivity index (χ1) is 10.3. The number of amides is 1. The van der Waals surface area contributed by atoms with Gasteiger partial charge in [-0.2, -0.15) is 5.10 Å². The maximum absolute atomic E-state index is 12.2. The lowest BCUT2D eigenvalue weighted by molar-refractivity contribution is 0.0951. The van der Waals surface area contributed by atoms with Crippen LogP contribution in [-0.4, -0.2) is 16.1 Å². The Bertz CT molecular complexity index is 721. The molecule has 0 aliphatic heterocycles. The van der Waals surface area contributed by atoms with Crippen LogP contribution in [0, 0.1) is 0 Å². The Labute approximate surface area is 122 Å². The highest BCUT2D eigenvalue weighted by atomic mass is 16.1. The van der Waals surface area contributed by atoms with Crippen LogP contribution in [0.2, 0.25) is 0 Å². The van der Waals surface area contributed by atoms with Crippen LogP contribution in [0.3, 0.4) is 0 Å². The van der Waals surface area contributed by atoms with E-state index >= 15 is 0 Å². The first-order valence-corrected chi connectivity index (χ1v) is 6.74. The Morgan fingerprint density at radius 2 is 1.90 bits per heavy atom. The van der Waals surface area contributed by atoms with E-state index in [-0.39, 0.29) is 5.91 Å². The van der Waals surface area contributed by atoms with Crippen LogP contribution in [-0.2, 0) is 6.54 Å². The van der Waals surface area contributed by atoms with Crippen molar-refractivity contribution in [1.29, 1.82) is 0 Å². The molecule has 0 spiro atoms. The van der Waals surface area contributed by atoms with E-state index in [0.717, 1.165) is 16.7 Å². The summed E-state index contributed by atoms with van der Waals surface area (Å²) < 4.78 is 0. The molecular weight excluding hydrogens is 262 g/mol. The number of rotatable bonds is 4. The lowest BCUT2D eigenvalue weighted by Gasteiger charge is -2.06. The first kappa shape index (κ1) is 13.1. The number of nitrogens with one attached hydrogen (secondary N) is 2. The predicted octanol–water partition coefficient (Wildman–Crippen LogP) is 3.01. The van der Waals surface area contributed by atoms with Crippen molar-refractivity contribution >= 4 is 5.91 Å². The summed E-state index contributed by atoms with van der Waals surface area (Å²) in [5.41, 5.74) is 3.66. The van der Waals surface area contributed by atoms with Gasteiger partial charge >= 0.3 is 0 Å². The maximum Gasteiger partial charge on any atom is 0.251 e. The van der Waals surface area contributed by atoms with Gasteiger partial charge in [0, 0.05) is 23.9 Å². The molecule has 104 valence electrons. The number of hydrogen-bond acceptors (Lipinski definition) is 2. The van der Waals surface area contributed by atoms with Gasteiger partial charge in [-0.25, -0.2) is 0 Å². The van der Waals surface area contributed by atoms with Gasteiger partial charge in [-0.05, 0) is 23.3 Å². The van der Waals surface area contributed by atoms with Crippen LogP contribution in [0.25, 0.3) is 11.1 Å². The van der Waals surface area contributed by atoms with Crippen LogP contribution in [0.1, 0.15) is 15.9 Å². The Balaban J connectivity index is 1.72. The Hall–Kier alpha value is -2.88. The van der Waals surface area contributed by atoms with Crippen LogP contribution in [0.5, 0.6) is 0 Å². The molecule has 21 heavy (non-hydrogen) atoms. The Morgan fingerprint density at radius 3 is 2.67 bits per heavy atom. The highest BCUT2D eigenvalue weighted by molar-refractivity contribution is 5.95. The van der Waals surface area contributed by atoms with Gasteiger partial charge in [0.15, 0.2) is 0 Å². The molecule has 1 aromatic heterocycles. The average molecular weight is 277 g/mol. The van der Waals surface area contributed by atoms with Crippen molar-refractivity contribution in [1.82, 2.24) is 15.5 Å². The monoisotopic (exact) mass is 277 g/mol. The van der Waals surface area contributed by atoms with Gasteiger partial charge in [0.1, 0.15) is 0 Å². The minimum atomic E-state index is -0.0794. The second kappa shape index (κ2) is 6.05. The fourth-order valence-electron chi connectivity index (χ4n) is 2.13. The van der Waals surface area contributed by atoms with Crippen molar-refractivity contribution in [3.05, 3.63) is 78.1 Å². The molecule has 0 saturated carbocycles. The molecule has 0 saturated heterocycles. The van der Waals surface area contributed by atoms with E-state index in [1.54, 1.807) is 12.4 Å². The second-order valence-electron chi connectivity index (χ2n) is 4.74. The number of aromatic nitrogens is 2. The molecule has 0 aliphatic carbocycles. The summed E-state index contributed by atoms with van der Waals surface area (Å²) in [5, 5.41) is 9.62. The van der Waals surface area contributed by atoms with Crippen LogP contribution < -0.4 is 5.32 Å². The van der Waals surface area contributed by atoms with Crippen LogP contribution in [0.4, 0.5) is 0 Å². The minimum absolute atomic E-state index is 0.0794. The summed E-state index contributed by atoms with van der Waals surface area (Å²) in [6, 6.07) is 17.4. The van der Waals surface area contributed by atoms with Crippen molar-refractivity contribution in [2.24, 2.45) is 0 Å². The van der Waals surface area contributed by atoms with Crippen molar-refractivity contribution in [2.45, 2.75) is 6.54 Å². The van der Waals surface area contributed by atoms with Gasteiger partial charge in [-0.3, -0.25) is 9.89 Å². The van der Waals surface area contributed by atoms with Gasteiger partial charge in [0.05, 0.1) is 6.20 Å². The number of H-pyrrole nitrogens is 1. The SMILES string of the molecule is O=C(NCc1ccccc1)c1cccc(-c2cn[nH]c2)c1. The summed E-state index contributed by atoms with van der Waals surface area (Å²) in [5.74, 6) is -0.0794. The minimum Gasteiger partial charge on any atom is -0.348 e. The number of carbonyl (C=O) groups is 1. The number of aromatic amines is 1. The van der Waals surface area contributed by atoms with Crippen molar-refractivity contribution in [3.63, 3.8) is 0 Å². The van der Waals surface area contributed by atoms with Gasteiger partial charge in [0.2, 0.25) is 0 Å². The molecule has 3 rings (SSSR count).